The first-order valence-electron chi connectivity index (χ1n) is 6.05. The predicted octanol–water partition coefficient (Wildman–Crippen LogP) is 1.48. The number of primary sulfonamides is 1. The van der Waals surface area contributed by atoms with Crippen LogP contribution in [0.25, 0.3) is 0 Å². The maximum absolute atomic E-state index is 11.1. The molecule has 2 rings (SSSR count). The van der Waals surface area contributed by atoms with Gasteiger partial charge in [0.15, 0.2) is 0 Å². The Bertz CT molecular complexity index is 686. The average molecular weight is 325 g/mol. The minimum atomic E-state index is -3.66. The number of nitrogens with two attached hydrogens (primary N) is 2. The summed E-state index contributed by atoms with van der Waals surface area (Å²) in [6.07, 6.45) is 1.61. The van der Waals surface area contributed by atoms with Crippen LogP contribution in [0.5, 0.6) is 5.75 Å². The number of rotatable bonds is 6. The third-order valence-electron chi connectivity index (χ3n) is 2.51. The second-order valence-electron chi connectivity index (χ2n) is 4.14. The maximum Gasteiger partial charge on any atom is 0.238 e. The first-order chi connectivity index (χ1) is 9.95. The molecule has 0 aliphatic carbocycles. The zero-order valence-corrected chi connectivity index (χ0v) is 12.7. The number of sulfonamides is 1. The summed E-state index contributed by atoms with van der Waals surface area (Å²) < 4.78 is 27.7. The van der Waals surface area contributed by atoms with Gasteiger partial charge in [-0.25, -0.2) is 18.5 Å². The Balaban J connectivity index is 1.80. The largest absolute Gasteiger partial charge is 0.493 e. The van der Waals surface area contributed by atoms with Gasteiger partial charge < -0.3 is 10.5 Å². The van der Waals surface area contributed by atoms with Crippen molar-refractivity contribution in [3.8, 4) is 5.75 Å². The third-order valence-corrected chi connectivity index (χ3v) is 4.35. The molecule has 2 aromatic rings. The highest BCUT2D eigenvalue weighted by atomic mass is 32.2. The first-order valence-corrected chi connectivity index (χ1v) is 8.58. The molecule has 112 valence electrons. The molecule has 8 heteroatoms. The van der Waals surface area contributed by atoms with Gasteiger partial charge >= 0.3 is 0 Å². The smallest absolute Gasteiger partial charge is 0.238 e. The number of thioether (sulfide) groups is 1. The molecule has 0 amide bonds. The van der Waals surface area contributed by atoms with Gasteiger partial charge in [-0.05, 0) is 36.4 Å². The monoisotopic (exact) mass is 325 g/mol. The molecule has 0 unspecified atom stereocenters. The number of ether oxygens (including phenoxy) is 1. The molecule has 1 heterocycles. The summed E-state index contributed by atoms with van der Waals surface area (Å²) in [6.45, 7) is 0.478. The number of nitrogen functional groups attached to an aromatic ring is 1. The summed E-state index contributed by atoms with van der Waals surface area (Å²) in [7, 11) is -3.66. The molecular formula is C13H15N3O3S2. The first kappa shape index (κ1) is 15.6. The second kappa shape index (κ2) is 6.79. The van der Waals surface area contributed by atoms with Crippen molar-refractivity contribution in [3.63, 3.8) is 0 Å². The van der Waals surface area contributed by atoms with E-state index in [1.165, 1.54) is 12.1 Å². The van der Waals surface area contributed by atoms with Gasteiger partial charge in [-0.2, -0.15) is 0 Å². The minimum absolute atomic E-state index is 0.0651. The zero-order chi connectivity index (χ0) is 15.3. The average Bonchev–Trinajstić information content (AvgIpc) is 2.45. The van der Waals surface area contributed by atoms with Crippen molar-refractivity contribution in [2.75, 3.05) is 18.1 Å². The van der Waals surface area contributed by atoms with E-state index in [0.717, 1.165) is 5.03 Å². The van der Waals surface area contributed by atoms with E-state index in [1.54, 1.807) is 36.2 Å². The van der Waals surface area contributed by atoms with Crippen LogP contribution in [0.1, 0.15) is 0 Å². The zero-order valence-electron chi connectivity index (χ0n) is 11.1. The van der Waals surface area contributed by atoms with E-state index in [9.17, 15) is 8.42 Å². The summed E-state index contributed by atoms with van der Waals surface area (Å²) >= 11 is 1.55. The molecule has 0 saturated heterocycles. The van der Waals surface area contributed by atoms with Crippen LogP contribution in [0.15, 0.2) is 52.5 Å². The van der Waals surface area contributed by atoms with Crippen molar-refractivity contribution in [1.29, 1.82) is 0 Å². The van der Waals surface area contributed by atoms with Gasteiger partial charge in [-0.3, -0.25) is 0 Å². The molecule has 0 aliphatic heterocycles. The predicted molar refractivity (Wildman–Crippen MR) is 82.7 cm³/mol. The number of pyridine rings is 1. The summed E-state index contributed by atoms with van der Waals surface area (Å²) in [5, 5.41) is 5.89. The van der Waals surface area contributed by atoms with Crippen molar-refractivity contribution in [3.05, 3.63) is 42.6 Å². The van der Waals surface area contributed by atoms with Gasteiger partial charge in [-0.1, -0.05) is 0 Å². The fourth-order valence-electron chi connectivity index (χ4n) is 1.51. The van der Waals surface area contributed by atoms with Gasteiger partial charge in [0.1, 0.15) is 5.75 Å². The van der Waals surface area contributed by atoms with E-state index in [2.05, 4.69) is 4.98 Å². The SMILES string of the molecule is Nc1ccc(SCCOc2ccc(S(N)(=O)=O)cc2)nc1. The van der Waals surface area contributed by atoms with Crippen molar-refractivity contribution >= 4 is 27.5 Å². The number of hydrogen-bond donors (Lipinski definition) is 2. The van der Waals surface area contributed by atoms with Crippen molar-refractivity contribution in [2.24, 2.45) is 5.14 Å². The van der Waals surface area contributed by atoms with E-state index in [0.29, 0.717) is 23.8 Å². The van der Waals surface area contributed by atoms with Crippen LogP contribution in [0, 0.1) is 0 Å². The van der Waals surface area contributed by atoms with Crippen LogP contribution in [0.2, 0.25) is 0 Å². The van der Waals surface area contributed by atoms with Crippen LogP contribution in [-0.4, -0.2) is 25.8 Å². The van der Waals surface area contributed by atoms with Crippen LogP contribution in [0.4, 0.5) is 5.69 Å². The maximum atomic E-state index is 11.1. The fourth-order valence-corrected chi connectivity index (χ4v) is 2.69. The number of hydrogen-bond acceptors (Lipinski definition) is 6. The van der Waals surface area contributed by atoms with Gasteiger partial charge in [0.05, 0.1) is 28.4 Å². The van der Waals surface area contributed by atoms with Crippen LogP contribution in [-0.2, 0) is 10.0 Å². The lowest BCUT2D eigenvalue weighted by atomic mass is 10.3. The molecule has 0 spiro atoms. The molecule has 4 N–H and O–H groups in total. The summed E-state index contributed by atoms with van der Waals surface area (Å²) in [5.41, 5.74) is 6.18. The molecule has 0 fully saturated rings. The van der Waals surface area contributed by atoms with Gasteiger partial charge in [0.2, 0.25) is 10.0 Å². The van der Waals surface area contributed by atoms with E-state index in [-0.39, 0.29) is 4.90 Å². The molecular weight excluding hydrogens is 310 g/mol. The molecule has 6 nitrogen and oxygen atoms in total. The molecule has 0 aliphatic rings. The lowest BCUT2D eigenvalue weighted by Crippen LogP contribution is -2.11. The topological polar surface area (TPSA) is 108 Å². The summed E-state index contributed by atoms with van der Waals surface area (Å²) in [5.74, 6) is 1.31. The molecule has 0 radical (unpaired) electrons. The van der Waals surface area contributed by atoms with E-state index in [1.807, 2.05) is 6.07 Å². The summed E-state index contributed by atoms with van der Waals surface area (Å²) in [4.78, 5) is 4.23. The highest BCUT2D eigenvalue weighted by Crippen LogP contribution is 2.18. The normalized spacial score (nSPS) is 11.3. The Morgan fingerprint density at radius 3 is 2.43 bits per heavy atom. The molecule has 1 aromatic heterocycles. The Hall–Kier alpha value is -1.77. The quantitative estimate of drug-likeness (QED) is 0.615. The Morgan fingerprint density at radius 2 is 1.86 bits per heavy atom. The number of aromatic nitrogens is 1. The van der Waals surface area contributed by atoms with Gasteiger partial charge in [-0.15, -0.1) is 11.8 Å². The Kier molecular flexibility index (Phi) is 5.05. The van der Waals surface area contributed by atoms with Crippen molar-refractivity contribution in [2.45, 2.75) is 9.92 Å². The molecule has 0 bridgehead atoms. The lowest BCUT2D eigenvalue weighted by Gasteiger charge is -2.06. The van der Waals surface area contributed by atoms with Crippen molar-refractivity contribution < 1.29 is 13.2 Å². The lowest BCUT2D eigenvalue weighted by molar-refractivity contribution is 0.343. The highest BCUT2D eigenvalue weighted by molar-refractivity contribution is 7.99. The molecule has 1 aromatic carbocycles. The number of nitrogens with zero attached hydrogens (tertiary/aromatic N) is 1. The Morgan fingerprint density at radius 1 is 1.14 bits per heavy atom. The third kappa shape index (κ3) is 4.92. The van der Waals surface area contributed by atoms with E-state index < -0.39 is 10.0 Å². The van der Waals surface area contributed by atoms with Crippen LogP contribution >= 0.6 is 11.8 Å². The molecule has 0 saturated carbocycles. The highest BCUT2D eigenvalue weighted by Gasteiger charge is 2.06. The van der Waals surface area contributed by atoms with Gasteiger partial charge in [0, 0.05) is 5.75 Å². The van der Waals surface area contributed by atoms with Gasteiger partial charge in [0.25, 0.3) is 0 Å². The second-order valence-corrected chi connectivity index (χ2v) is 6.82. The fraction of sp³-hybridized carbons (Fsp3) is 0.154. The van der Waals surface area contributed by atoms with Crippen LogP contribution < -0.4 is 15.6 Å². The van der Waals surface area contributed by atoms with Crippen LogP contribution in [0.3, 0.4) is 0 Å². The van der Waals surface area contributed by atoms with Crippen molar-refractivity contribution in [1.82, 2.24) is 4.98 Å². The van der Waals surface area contributed by atoms with E-state index in [4.69, 9.17) is 15.6 Å². The summed E-state index contributed by atoms with van der Waals surface area (Å²) in [6, 6.07) is 9.62. The standard InChI is InChI=1S/C13H15N3O3S2/c14-10-1-6-13(16-9-10)20-8-7-19-11-2-4-12(5-3-11)21(15,17)18/h1-6,9H,7-8,14H2,(H2,15,17,18). The minimum Gasteiger partial charge on any atom is -0.493 e. The number of anilines is 1. The molecule has 21 heavy (non-hydrogen) atoms. The number of benzene rings is 1. The molecule has 0 atom stereocenters. The van der Waals surface area contributed by atoms with E-state index >= 15 is 0 Å². The Labute approximate surface area is 127 Å².